The van der Waals surface area contributed by atoms with Crippen LogP contribution in [0.2, 0.25) is 0 Å². The number of rotatable bonds is 15. The molecule has 0 aliphatic rings. The summed E-state index contributed by atoms with van der Waals surface area (Å²) in [4.78, 5) is 13.0. The maximum absolute atomic E-state index is 13.0. The molecule has 5 rings (SSSR count). The molecule has 0 radical (unpaired) electrons. The second-order valence-electron chi connectivity index (χ2n) is 12.4. The number of nitrogens with zero attached hydrogens (tertiary/aromatic N) is 1. The van der Waals surface area contributed by atoms with Gasteiger partial charge in [0.2, 0.25) is 0 Å². The monoisotopic (exact) mass is 692 g/mol. The van der Waals surface area contributed by atoms with Gasteiger partial charge in [0, 0.05) is 5.56 Å². The van der Waals surface area contributed by atoms with Crippen molar-refractivity contribution in [1.29, 1.82) is 0 Å². The lowest BCUT2D eigenvalue weighted by molar-refractivity contribution is -0.936. The predicted octanol–water partition coefficient (Wildman–Crippen LogP) is 5.70. The molecule has 5 nitrogen and oxygen atoms in total. The Morgan fingerprint density at radius 1 is 0.660 bits per heavy atom. The van der Waals surface area contributed by atoms with Gasteiger partial charge in [-0.05, 0) is 55.5 Å². The third kappa shape index (κ3) is 10.4. The first kappa shape index (κ1) is 40.2. The fourth-order valence-corrected chi connectivity index (χ4v) is 6.42. The second-order valence-corrected chi connectivity index (χ2v) is 12.4. The van der Waals surface area contributed by atoms with E-state index in [1.165, 1.54) is 43.3 Å². The van der Waals surface area contributed by atoms with Crippen molar-refractivity contribution in [3.63, 3.8) is 0 Å². The topological polar surface area (TPSA) is 47.6 Å². The zero-order chi connectivity index (χ0) is 35.0. The van der Waals surface area contributed by atoms with E-state index in [0.717, 1.165) is 27.8 Å². The normalized spacial score (nSPS) is 11.8. The number of ether oxygens (including phenoxy) is 2. The molecule has 6 heteroatoms. The van der Waals surface area contributed by atoms with Crippen LogP contribution in [0.1, 0.15) is 54.2 Å². The van der Waals surface area contributed by atoms with Gasteiger partial charge in [-0.1, -0.05) is 146 Å². The minimum Gasteiger partial charge on any atom is -1.00 e. The number of methoxy groups -OCH3 is 1. The van der Waals surface area contributed by atoms with Crippen LogP contribution in [0.5, 0.6) is 0 Å². The van der Waals surface area contributed by atoms with E-state index in [9.17, 15) is 4.79 Å². The Labute approximate surface area is 306 Å². The van der Waals surface area contributed by atoms with Gasteiger partial charge in [0.1, 0.15) is 12.6 Å². The summed E-state index contributed by atoms with van der Waals surface area (Å²) in [5, 5.41) is 3.67. The lowest BCUT2D eigenvalue weighted by Gasteiger charge is -2.39. The summed E-state index contributed by atoms with van der Waals surface area (Å²) in [6.07, 6.45) is 0. The molecule has 0 heterocycles. The van der Waals surface area contributed by atoms with Crippen molar-refractivity contribution in [3.05, 3.63) is 179 Å². The summed E-state index contributed by atoms with van der Waals surface area (Å²) in [6.45, 7) is 14.3. The standard InChI is InChI=1S/C31H31NO3.C13H22N.ClH/c1-24-14-12-13-15-25(24)22-35-23-29(30(33)34-2)32-31(26-16-6-3-7-17-26,27-18-8-4-9-19-27)28-20-10-5-11-21-28;1-4-14(5-2,6-3)12-13-10-8-7-9-11-13;/h3-21,29,32H,22-23H2,1-2H3;7-11H,4-6,12H2,1-3H3;1H/q;+1;/p-1/t29-;;/m0../s1. The largest absolute Gasteiger partial charge is 1.00 e. The molecule has 0 spiro atoms. The molecule has 5 aromatic rings. The van der Waals surface area contributed by atoms with Crippen LogP contribution >= 0.6 is 0 Å². The van der Waals surface area contributed by atoms with Gasteiger partial charge in [-0.25, -0.2) is 0 Å². The molecule has 0 saturated heterocycles. The van der Waals surface area contributed by atoms with Crippen LogP contribution in [0.3, 0.4) is 0 Å². The molecule has 1 atom stereocenters. The molecular weight excluding hydrogens is 640 g/mol. The van der Waals surface area contributed by atoms with Gasteiger partial charge in [0.25, 0.3) is 0 Å². The molecule has 1 N–H and O–H groups in total. The molecule has 0 aliphatic heterocycles. The summed E-state index contributed by atoms with van der Waals surface area (Å²) in [5.41, 5.74) is 5.96. The van der Waals surface area contributed by atoms with Gasteiger partial charge in [0.05, 0.1) is 45.5 Å². The van der Waals surface area contributed by atoms with E-state index in [-0.39, 0.29) is 25.0 Å². The maximum atomic E-state index is 13.0. The highest BCUT2D eigenvalue weighted by atomic mass is 35.5. The number of esters is 1. The number of quaternary nitrogens is 1. The Bertz CT molecular complexity index is 1560. The number of carbonyl (C=O) groups excluding carboxylic acids is 1. The quantitative estimate of drug-likeness (QED) is 0.0869. The molecule has 50 heavy (non-hydrogen) atoms. The van der Waals surface area contributed by atoms with Gasteiger partial charge >= 0.3 is 5.97 Å². The van der Waals surface area contributed by atoms with Gasteiger partial charge in [-0.3, -0.25) is 10.1 Å². The molecule has 0 aliphatic carbocycles. The second kappa shape index (κ2) is 20.4. The van der Waals surface area contributed by atoms with Crippen LogP contribution in [-0.4, -0.2) is 49.8 Å². The summed E-state index contributed by atoms with van der Waals surface area (Å²) < 4.78 is 12.5. The summed E-state index contributed by atoms with van der Waals surface area (Å²) in [5.74, 6) is -0.373. The van der Waals surface area contributed by atoms with E-state index in [1.807, 2.05) is 72.8 Å². The molecule has 0 amide bonds. The van der Waals surface area contributed by atoms with Crippen LogP contribution < -0.4 is 17.7 Å². The van der Waals surface area contributed by atoms with Crippen molar-refractivity contribution in [1.82, 2.24) is 5.32 Å². The first-order chi connectivity index (χ1) is 23.9. The van der Waals surface area contributed by atoms with Crippen molar-refractivity contribution >= 4 is 5.97 Å². The number of benzene rings is 5. The van der Waals surface area contributed by atoms with Crippen LogP contribution in [-0.2, 0) is 33.0 Å². The number of aryl methyl sites for hydroxylation is 1. The van der Waals surface area contributed by atoms with E-state index in [1.54, 1.807) is 0 Å². The van der Waals surface area contributed by atoms with Crippen LogP contribution in [0.25, 0.3) is 0 Å². The number of halogens is 1. The highest BCUT2D eigenvalue weighted by Crippen LogP contribution is 2.37. The van der Waals surface area contributed by atoms with Crippen molar-refractivity contribution in [3.8, 4) is 0 Å². The molecule has 0 saturated carbocycles. The highest BCUT2D eigenvalue weighted by Gasteiger charge is 2.40. The molecule has 0 unspecified atom stereocenters. The minimum absolute atomic E-state index is 0. The highest BCUT2D eigenvalue weighted by molar-refractivity contribution is 5.76. The van der Waals surface area contributed by atoms with Gasteiger partial charge in [0.15, 0.2) is 0 Å². The first-order valence-corrected chi connectivity index (χ1v) is 17.4. The van der Waals surface area contributed by atoms with Gasteiger partial charge in [-0.2, -0.15) is 0 Å². The molecule has 5 aromatic carbocycles. The zero-order valence-corrected chi connectivity index (χ0v) is 31.0. The third-order valence-corrected chi connectivity index (χ3v) is 9.67. The molecule has 0 bridgehead atoms. The molecule has 264 valence electrons. The molecule has 0 aromatic heterocycles. The van der Waals surface area contributed by atoms with Crippen molar-refractivity contribution in [2.45, 2.75) is 52.4 Å². The van der Waals surface area contributed by atoms with E-state index in [0.29, 0.717) is 6.61 Å². The van der Waals surface area contributed by atoms with E-state index >= 15 is 0 Å². The van der Waals surface area contributed by atoms with Crippen molar-refractivity contribution in [2.75, 3.05) is 33.4 Å². The average Bonchev–Trinajstić information content (AvgIpc) is 3.17. The zero-order valence-electron chi connectivity index (χ0n) is 30.2. The Kier molecular flexibility index (Phi) is 16.4. The molecule has 0 fully saturated rings. The predicted molar refractivity (Wildman–Crippen MR) is 201 cm³/mol. The van der Waals surface area contributed by atoms with E-state index in [4.69, 9.17) is 9.47 Å². The fraction of sp³-hybridized carbons (Fsp3) is 0.295. The first-order valence-electron chi connectivity index (χ1n) is 17.4. The summed E-state index contributed by atoms with van der Waals surface area (Å²) in [6, 6.07) is 48.7. The Balaban J connectivity index is 0.000000380. The van der Waals surface area contributed by atoms with Crippen LogP contribution in [0, 0.1) is 6.92 Å². The number of carbonyl (C=O) groups is 1. The third-order valence-electron chi connectivity index (χ3n) is 9.67. The minimum atomic E-state index is -0.797. The summed E-state index contributed by atoms with van der Waals surface area (Å²) in [7, 11) is 1.41. The number of nitrogens with one attached hydrogen (secondary N) is 1. The van der Waals surface area contributed by atoms with Crippen molar-refractivity contribution < 1.29 is 31.2 Å². The summed E-state index contributed by atoms with van der Waals surface area (Å²) >= 11 is 0. The smallest absolute Gasteiger partial charge is 0.325 e. The van der Waals surface area contributed by atoms with Crippen LogP contribution in [0.4, 0.5) is 0 Å². The Hall–Kier alpha value is -4.26. The van der Waals surface area contributed by atoms with Crippen molar-refractivity contribution in [2.24, 2.45) is 0 Å². The average molecular weight is 693 g/mol. The Morgan fingerprint density at radius 2 is 1.08 bits per heavy atom. The number of hydrogen-bond acceptors (Lipinski definition) is 4. The lowest BCUT2D eigenvalue weighted by atomic mass is 9.76. The number of hydrogen-bond donors (Lipinski definition) is 1. The van der Waals surface area contributed by atoms with Gasteiger partial charge in [-0.15, -0.1) is 0 Å². The SMILES string of the molecule is CC[N+](CC)(CC)Cc1ccccc1.COC(=O)[C@H](COCc1ccccc1C)NC(c1ccccc1)(c1ccccc1)c1ccccc1.[Cl-]. The van der Waals surface area contributed by atoms with Gasteiger partial charge < -0.3 is 26.4 Å². The van der Waals surface area contributed by atoms with Crippen LogP contribution in [0.15, 0.2) is 146 Å². The van der Waals surface area contributed by atoms with E-state index < -0.39 is 11.6 Å². The lowest BCUT2D eigenvalue weighted by Crippen LogP contribution is -3.00. The fourth-order valence-electron chi connectivity index (χ4n) is 6.42. The maximum Gasteiger partial charge on any atom is 0.325 e. The van der Waals surface area contributed by atoms with E-state index in [2.05, 4.69) is 106 Å². The Morgan fingerprint density at radius 3 is 1.50 bits per heavy atom. The molecular formula is C44H53ClN2O3.